The number of hydrogen-bond donors (Lipinski definition) is 2. The predicted molar refractivity (Wildman–Crippen MR) is 105 cm³/mol. The van der Waals surface area contributed by atoms with E-state index in [0.29, 0.717) is 29.2 Å². The summed E-state index contributed by atoms with van der Waals surface area (Å²) in [7, 11) is 1.36. The number of aryl methyl sites for hydroxylation is 1. The average Bonchev–Trinajstić information content (AvgIpc) is 3.17. The minimum Gasteiger partial charge on any atom is -0.465 e. The molecule has 3 heterocycles. The second-order valence-corrected chi connectivity index (χ2v) is 8.92. The third-order valence-corrected chi connectivity index (χ3v) is 6.18. The van der Waals surface area contributed by atoms with Crippen LogP contribution < -0.4 is 10.6 Å². The molecule has 1 aliphatic heterocycles. The molecular formula is C19H26N4O3S. The fraction of sp³-hybridized carbons (Fsp3) is 0.526. The van der Waals surface area contributed by atoms with Gasteiger partial charge in [-0.15, -0.1) is 11.3 Å². The molecule has 0 atom stereocenters. The first-order valence-electron chi connectivity index (χ1n) is 8.96. The van der Waals surface area contributed by atoms with Crippen LogP contribution in [0.25, 0.3) is 0 Å². The van der Waals surface area contributed by atoms with E-state index in [1.54, 1.807) is 16.9 Å². The van der Waals surface area contributed by atoms with Gasteiger partial charge in [-0.05, 0) is 52.7 Å². The summed E-state index contributed by atoms with van der Waals surface area (Å²) >= 11 is 1.43. The molecule has 7 nitrogen and oxygen atoms in total. The van der Waals surface area contributed by atoms with E-state index < -0.39 is 5.97 Å². The number of methoxy groups -OCH3 is 1. The lowest BCUT2D eigenvalue weighted by molar-refractivity contribution is 0.0600. The maximum atomic E-state index is 12.8. The van der Waals surface area contributed by atoms with Crippen LogP contribution in [0.15, 0.2) is 12.3 Å². The molecule has 0 saturated heterocycles. The van der Waals surface area contributed by atoms with Crippen LogP contribution >= 0.6 is 11.3 Å². The number of hydrogen-bond acceptors (Lipinski definition) is 6. The van der Waals surface area contributed by atoms with Gasteiger partial charge in [-0.25, -0.2) is 4.79 Å². The van der Waals surface area contributed by atoms with Gasteiger partial charge in [0.1, 0.15) is 10.7 Å². The minimum absolute atomic E-state index is 0.178. The van der Waals surface area contributed by atoms with Gasteiger partial charge in [0.25, 0.3) is 5.91 Å². The highest BCUT2D eigenvalue weighted by atomic mass is 32.1. The topological polar surface area (TPSA) is 85.2 Å². The summed E-state index contributed by atoms with van der Waals surface area (Å²) in [6.45, 7) is 10.9. The minimum atomic E-state index is -0.430. The third-order valence-electron chi connectivity index (χ3n) is 4.71. The van der Waals surface area contributed by atoms with Gasteiger partial charge in [0.05, 0.1) is 12.7 Å². The number of aromatic nitrogens is 2. The zero-order valence-electron chi connectivity index (χ0n) is 16.6. The van der Waals surface area contributed by atoms with Crippen molar-refractivity contribution in [3.8, 4) is 0 Å². The number of thiophene rings is 1. The Morgan fingerprint density at radius 3 is 2.70 bits per heavy atom. The van der Waals surface area contributed by atoms with Crippen LogP contribution in [0.3, 0.4) is 0 Å². The number of ether oxygens (including phenoxy) is 1. The lowest BCUT2D eigenvalue weighted by Crippen LogP contribution is -2.55. The molecule has 2 aromatic heterocycles. The SMILES string of the molecule is CCn1nccc1C(=O)Nc1sc2c(c1C(=O)OC)CC(C)(C)NC2(C)C. The van der Waals surface area contributed by atoms with Crippen molar-refractivity contribution in [3.05, 3.63) is 34.0 Å². The Kier molecular flexibility index (Phi) is 4.90. The standard InChI is InChI=1S/C19H26N4O3S/c1-7-23-12(8-9-20-23)15(24)21-16-13(17(25)26-6)11-10-18(2,3)22-19(4,5)14(11)27-16/h8-9,22H,7,10H2,1-6H3,(H,21,24). The summed E-state index contributed by atoms with van der Waals surface area (Å²) < 4.78 is 6.65. The molecule has 0 saturated carbocycles. The van der Waals surface area contributed by atoms with Crippen molar-refractivity contribution in [1.29, 1.82) is 0 Å². The fourth-order valence-corrected chi connectivity index (χ4v) is 5.14. The monoisotopic (exact) mass is 390 g/mol. The Morgan fingerprint density at radius 1 is 1.37 bits per heavy atom. The van der Waals surface area contributed by atoms with E-state index in [1.165, 1.54) is 18.4 Å². The number of anilines is 1. The van der Waals surface area contributed by atoms with Crippen molar-refractivity contribution in [2.75, 3.05) is 12.4 Å². The van der Waals surface area contributed by atoms with E-state index in [9.17, 15) is 9.59 Å². The normalized spacial score (nSPS) is 17.3. The lowest BCUT2D eigenvalue weighted by atomic mass is 9.81. The Morgan fingerprint density at radius 2 is 2.07 bits per heavy atom. The van der Waals surface area contributed by atoms with Gasteiger partial charge in [-0.2, -0.15) is 5.10 Å². The Bertz CT molecular complexity index is 895. The second-order valence-electron chi connectivity index (χ2n) is 7.90. The van der Waals surface area contributed by atoms with Crippen LogP contribution in [0.1, 0.15) is 65.9 Å². The summed E-state index contributed by atoms with van der Waals surface area (Å²) in [6, 6.07) is 1.67. The zero-order chi connectivity index (χ0) is 20.0. The molecule has 0 fully saturated rings. The molecule has 0 bridgehead atoms. The average molecular weight is 391 g/mol. The van der Waals surface area contributed by atoms with E-state index in [1.807, 2.05) is 6.92 Å². The first kappa shape index (κ1) is 19.6. The maximum absolute atomic E-state index is 12.8. The van der Waals surface area contributed by atoms with E-state index in [-0.39, 0.29) is 17.0 Å². The van der Waals surface area contributed by atoms with Crippen LogP contribution in [0.4, 0.5) is 5.00 Å². The molecule has 0 aliphatic carbocycles. The summed E-state index contributed by atoms with van der Waals surface area (Å²) in [5, 5.41) is 11.2. The summed E-state index contributed by atoms with van der Waals surface area (Å²) in [5.41, 5.74) is 1.36. The van der Waals surface area contributed by atoms with Gasteiger partial charge in [0.2, 0.25) is 0 Å². The van der Waals surface area contributed by atoms with Crippen LogP contribution in [0, 0.1) is 0 Å². The number of carbonyl (C=O) groups is 2. The highest BCUT2D eigenvalue weighted by Crippen LogP contribution is 2.45. The highest BCUT2D eigenvalue weighted by Gasteiger charge is 2.42. The smallest absolute Gasteiger partial charge is 0.341 e. The summed E-state index contributed by atoms with van der Waals surface area (Å²) in [6.07, 6.45) is 2.27. The number of carbonyl (C=O) groups excluding carboxylic acids is 2. The molecule has 0 spiro atoms. The number of nitrogens with one attached hydrogen (secondary N) is 2. The molecule has 1 amide bonds. The Labute approximate surface area is 163 Å². The number of amides is 1. The van der Waals surface area contributed by atoms with Crippen molar-refractivity contribution >= 4 is 28.2 Å². The first-order chi connectivity index (χ1) is 12.6. The van der Waals surface area contributed by atoms with Gasteiger partial charge in [-0.1, -0.05) is 0 Å². The lowest BCUT2D eigenvalue weighted by Gasteiger charge is -2.42. The molecular weight excluding hydrogens is 364 g/mol. The van der Waals surface area contributed by atoms with Crippen LogP contribution in [-0.4, -0.2) is 34.3 Å². The molecule has 3 rings (SSSR count). The van der Waals surface area contributed by atoms with Crippen LogP contribution in [0.5, 0.6) is 0 Å². The zero-order valence-corrected chi connectivity index (χ0v) is 17.4. The molecule has 0 unspecified atom stereocenters. The van der Waals surface area contributed by atoms with Crippen molar-refractivity contribution in [2.45, 2.75) is 58.7 Å². The van der Waals surface area contributed by atoms with E-state index in [0.717, 1.165) is 10.4 Å². The van der Waals surface area contributed by atoms with E-state index >= 15 is 0 Å². The maximum Gasteiger partial charge on any atom is 0.341 e. The molecule has 2 N–H and O–H groups in total. The Hall–Kier alpha value is -2.19. The van der Waals surface area contributed by atoms with Gasteiger partial charge in [0.15, 0.2) is 0 Å². The number of nitrogens with zero attached hydrogens (tertiary/aromatic N) is 2. The summed E-state index contributed by atoms with van der Waals surface area (Å²) in [4.78, 5) is 26.4. The van der Waals surface area contributed by atoms with E-state index in [4.69, 9.17) is 4.74 Å². The van der Waals surface area contributed by atoms with Crippen molar-refractivity contribution in [2.24, 2.45) is 0 Å². The second kappa shape index (κ2) is 6.76. The fourth-order valence-electron chi connectivity index (χ4n) is 3.88. The highest BCUT2D eigenvalue weighted by molar-refractivity contribution is 7.17. The Balaban J connectivity index is 2.07. The van der Waals surface area contributed by atoms with Gasteiger partial charge < -0.3 is 15.4 Å². The van der Waals surface area contributed by atoms with E-state index in [2.05, 4.69) is 43.4 Å². The molecule has 8 heteroatoms. The van der Waals surface area contributed by atoms with Crippen molar-refractivity contribution in [3.63, 3.8) is 0 Å². The predicted octanol–water partition coefficient (Wildman–Crippen LogP) is 3.16. The molecule has 27 heavy (non-hydrogen) atoms. The van der Waals surface area contributed by atoms with Crippen molar-refractivity contribution < 1.29 is 14.3 Å². The van der Waals surface area contributed by atoms with Crippen molar-refractivity contribution in [1.82, 2.24) is 15.1 Å². The third kappa shape index (κ3) is 3.51. The quantitative estimate of drug-likeness (QED) is 0.784. The van der Waals surface area contributed by atoms with Crippen LogP contribution in [0.2, 0.25) is 0 Å². The molecule has 0 aromatic carbocycles. The summed E-state index contributed by atoms with van der Waals surface area (Å²) in [5.74, 6) is -0.719. The van der Waals surface area contributed by atoms with Crippen LogP contribution in [-0.2, 0) is 23.2 Å². The molecule has 146 valence electrons. The molecule has 1 aliphatic rings. The largest absolute Gasteiger partial charge is 0.465 e. The number of rotatable bonds is 4. The molecule has 0 radical (unpaired) electrons. The number of fused-ring (bicyclic) bond motifs is 1. The van der Waals surface area contributed by atoms with Gasteiger partial charge in [0, 0.05) is 28.7 Å². The van der Waals surface area contributed by atoms with Gasteiger partial charge >= 0.3 is 5.97 Å². The number of esters is 1. The van der Waals surface area contributed by atoms with Gasteiger partial charge in [-0.3, -0.25) is 9.48 Å². The first-order valence-corrected chi connectivity index (χ1v) is 9.78. The molecule has 2 aromatic rings.